The molecule has 0 bridgehead atoms. The molecule has 2 heterocycles. The van der Waals surface area contributed by atoms with Gasteiger partial charge in [-0.05, 0) is 29.8 Å². The molecule has 0 atom stereocenters. The minimum absolute atomic E-state index is 0.134. The van der Waals surface area contributed by atoms with E-state index in [2.05, 4.69) is 16.9 Å². The molecule has 0 aliphatic carbocycles. The molecular weight excluding hydrogens is 414 g/mol. The van der Waals surface area contributed by atoms with Gasteiger partial charge in [-0.3, -0.25) is 14.2 Å². The average Bonchev–Trinajstić information content (AvgIpc) is 2.73. The second-order valence-electron chi connectivity index (χ2n) is 6.89. The number of hydrogen-bond acceptors (Lipinski definition) is 6. The number of carbonyl (C=O) groups excluding carboxylic acids is 1. The number of benzene rings is 2. The average molecular weight is 433 g/mol. The SMILES string of the molecule is C=CCn1c(SCc2cc(=O)oc3cc(NC(C)=O)ccc23)nc2ccccc2c1=O. The molecule has 1 amide bonds. The number of fused-ring (bicyclic) bond motifs is 2. The van der Waals surface area contributed by atoms with E-state index in [1.165, 1.54) is 24.8 Å². The maximum absolute atomic E-state index is 12.9. The van der Waals surface area contributed by atoms with Crippen LogP contribution in [0.1, 0.15) is 12.5 Å². The number of rotatable bonds is 6. The van der Waals surface area contributed by atoms with Crippen LogP contribution in [-0.4, -0.2) is 15.5 Å². The molecule has 7 nitrogen and oxygen atoms in total. The zero-order valence-electron chi connectivity index (χ0n) is 16.8. The van der Waals surface area contributed by atoms with E-state index in [-0.39, 0.29) is 11.5 Å². The Morgan fingerprint density at radius 3 is 2.77 bits per heavy atom. The highest BCUT2D eigenvalue weighted by Crippen LogP contribution is 2.27. The number of carbonyl (C=O) groups is 1. The predicted octanol–water partition coefficient (Wildman–Crippen LogP) is 3.94. The Morgan fingerprint density at radius 1 is 1.19 bits per heavy atom. The summed E-state index contributed by atoms with van der Waals surface area (Å²) in [6, 6.07) is 13.8. The van der Waals surface area contributed by atoms with Gasteiger partial charge in [0.2, 0.25) is 5.91 Å². The Morgan fingerprint density at radius 2 is 2.00 bits per heavy atom. The van der Waals surface area contributed by atoms with Crippen molar-refractivity contribution in [3.63, 3.8) is 0 Å². The zero-order chi connectivity index (χ0) is 22.0. The van der Waals surface area contributed by atoms with E-state index in [9.17, 15) is 14.4 Å². The number of thioether (sulfide) groups is 1. The fraction of sp³-hybridized carbons (Fsp3) is 0.130. The van der Waals surface area contributed by atoms with Crippen molar-refractivity contribution in [1.82, 2.24) is 9.55 Å². The lowest BCUT2D eigenvalue weighted by molar-refractivity contribution is -0.114. The molecular formula is C23H19N3O4S. The molecule has 0 spiro atoms. The van der Waals surface area contributed by atoms with Crippen molar-refractivity contribution in [3.8, 4) is 0 Å². The largest absolute Gasteiger partial charge is 0.423 e. The topological polar surface area (TPSA) is 94.2 Å². The summed E-state index contributed by atoms with van der Waals surface area (Å²) in [5.74, 6) is 0.194. The molecule has 0 unspecified atom stereocenters. The highest BCUT2D eigenvalue weighted by molar-refractivity contribution is 7.98. The Hall–Kier alpha value is -3.65. The number of nitrogens with one attached hydrogen (secondary N) is 1. The summed E-state index contributed by atoms with van der Waals surface area (Å²) in [7, 11) is 0. The van der Waals surface area contributed by atoms with Gasteiger partial charge < -0.3 is 9.73 Å². The normalized spacial score (nSPS) is 11.0. The summed E-state index contributed by atoms with van der Waals surface area (Å²) in [5.41, 5.74) is 1.67. The summed E-state index contributed by atoms with van der Waals surface area (Å²) in [5, 5.41) is 4.51. The summed E-state index contributed by atoms with van der Waals surface area (Å²) in [4.78, 5) is 41.0. The van der Waals surface area contributed by atoms with Gasteiger partial charge in [-0.15, -0.1) is 6.58 Å². The molecule has 0 fully saturated rings. The molecule has 0 saturated carbocycles. The summed E-state index contributed by atoms with van der Waals surface area (Å²) < 4.78 is 6.89. The van der Waals surface area contributed by atoms with Gasteiger partial charge in [0.15, 0.2) is 5.16 Å². The van der Waals surface area contributed by atoms with Crippen molar-refractivity contribution in [2.45, 2.75) is 24.4 Å². The second-order valence-corrected chi connectivity index (χ2v) is 7.83. The first-order chi connectivity index (χ1) is 15.0. The first-order valence-electron chi connectivity index (χ1n) is 9.54. The molecule has 1 N–H and O–H groups in total. The molecule has 0 aliphatic rings. The zero-order valence-corrected chi connectivity index (χ0v) is 17.6. The van der Waals surface area contributed by atoms with E-state index in [1.807, 2.05) is 6.07 Å². The molecule has 0 saturated heterocycles. The Bertz CT molecular complexity index is 1440. The number of hydrogen-bond donors (Lipinski definition) is 1. The van der Waals surface area contributed by atoms with Crippen LogP contribution in [0.5, 0.6) is 0 Å². The fourth-order valence-electron chi connectivity index (χ4n) is 3.32. The van der Waals surface area contributed by atoms with Gasteiger partial charge in [-0.25, -0.2) is 9.78 Å². The van der Waals surface area contributed by atoms with Gasteiger partial charge >= 0.3 is 5.63 Å². The van der Waals surface area contributed by atoms with Crippen LogP contribution in [0.25, 0.3) is 21.9 Å². The number of amides is 1. The molecule has 2 aromatic carbocycles. The number of para-hydroxylation sites is 1. The quantitative estimate of drug-likeness (QED) is 0.214. The van der Waals surface area contributed by atoms with Crippen LogP contribution in [-0.2, 0) is 17.1 Å². The van der Waals surface area contributed by atoms with Gasteiger partial charge in [-0.1, -0.05) is 30.0 Å². The Balaban J connectivity index is 1.74. The molecule has 0 aliphatic heterocycles. The van der Waals surface area contributed by atoms with Crippen molar-refractivity contribution in [1.29, 1.82) is 0 Å². The van der Waals surface area contributed by atoms with Gasteiger partial charge in [0.05, 0.1) is 10.9 Å². The van der Waals surface area contributed by atoms with Crippen molar-refractivity contribution < 1.29 is 9.21 Å². The van der Waals surface area contributed by atoms with Crippen LogP contribution in [0.15, 0.2) is 80.3 Å². The van der Waals surface area contributed by atoms with Crippen molar-refractivity contribution in [3.05, 3.63) is 87.5 Å². The van der Waals surface area contributed by atoms with Crippen molar-refractivity contribution in [2.24, 2.45) is 0 Å². The van der Waals surface area contributed by atoms with Crippen LogP contribution in [0.2, 0.25) is 0 Å². The van der Waals surface area contributed by atoms with Gasteiger partial charge in [0.25, 0.3) is 5.56 Å². The maximum atomic E-state index is 12.9. The van der Waals surface area contributed by atoms with Gasteiger partial charge in [0.1, 0.15) is 5.58 Å². The van der Waals surface area contributed by atoms with E-state index in [4.69, 9.17) is 4.42 Å². The maximum Gasteiger partial charge on any atom is 0.336 e. The van der Waals surface area contributed by atoms with E-state index < -0.39 is 5.63 Å². The molecule has 156 valence electrons. The Kier molecular flexibility index (Phi) is 5.73. The minimum atomic E-state index is -0.488. The standard InChI is InChI=1S/C23H19N3O4S/c1-3-10-26-22(29)18-6-4-5-7-19(18)25-23(26)31-13-15-11-21(28)30-20-12-16(24-14(2)27)8-9-17(15)20/h3-9,11-12H,1,10,13H2,2H3,(H,24,27). The molecule has 4 aromatic rings. The first-order valence-corrected chi connectivity index (χ1v) is 10.5. The van der Waals surface area contributed by atoms with E-state index in [0.717, 1.165) is 10.9 Å². The number of nitrogens with zero attached hydrogens (tertiary/aromatic N) is 2. The van der Waals surface area contributed by atoms with Gasteiger partial charge in [-0.2, -0.15) is 0 Å². The van der Waals surface area contributed by atoms with Crippen LogP contribution in [0.3, 0.4) is 0 Å². The summed E-state index contributed by atoms with van der Waals surface area (Å²) in [6.07, 6.45) is 1.65. The smallest absolute Gasteiger partial charge is 0.336 e. The lowest BCUT2D eigenvalue weighted by Gasteiger charge is -2.12. The van der Waals surface area contributed by atoms with E-state index in [0.29, 0.717) is 39.6 Å². The molecule has 8 heteroatoms. The minimum Gasteiger partial charge on any atom is -0.423 e. The van der Waals surface area contributed by atoms with Crippen molar-refractivity contribution >= 4 is 45.2 Å². The fourth-order valence-corrected chi connectivity index (χ4v) is 4.32. The monoisotopic (exact) mass is 433 g/mol. The molecule has 31 heavy (non-hydrogen) atoms. The van der Waals surface area contributed by atoms with E-state index in [1.54, 1.807) is 47.0 Å². The highest BCUT2D eigenvalue weighted by Gasteiger charge is 2.13. The van der Waals surface area contributed by atoms with Crippen LogP contribution < -0.4 is 16.5 Å². The van der Waals surface area contributed by atoms with Gasteiger partial charge in [0, 0.05) is 42.4 Å². The third-order valence-corrected chi connectivity index (χ3v) is 5.67. The molecule has 2 aromatic heterocycles. The lowest BCUT2D eigenvalue weighted by Crippen LogP contribution is -2.22. The van der Waals surface area contributed by atoms with Crippen LogP contribution >= 0.6 is 11.8 Å². The first kappa shape index (κ1) is 20.6. The number of allylic oxidation sites excluding steroid dienone is 1. The Labute approximate surface area is 181 Å². The second kappa shape index (κ2) is 8.61. The third-order valence-electron chi connectivity index (χ3n) is 4.65. The predicted molar refractivity (Wildman–Crippen MR) is 123 cm³/mol. The molecule has 0 radical (unpaired) electrons. The highest BCUT2D eigenvalue weighted by atomic mass is 32.2. The van der Waals surface area contributed by atoms with Crippen LogP contribution in [0.4, 0.5) is 5.69 Å². The van der Waals surface area contributed by atoms with Crippen molar-refractivity contribution in [2.75, 3.05) is 5.32 Å². The molecule has 4 rings (SSSR count). The lowest BCUT2D eigenvalue weighted by atomic mass is 10.1. The summed E-state index contributed by atoms with van der Waals surface area (Å²) >= 11 is 1.36. The van der Waals surface area contributed by atoms with Crippen LogP contribution in [0, 0.1) is 0 Å². The summed E-state index contributed by atoms with van der Waals surface area (Å²) in [6.45, 7) is 5.48. The number of aromatic nitrogens is 2. The third kappa shape index (κ3) is 4.29. The number of anilines is 1. The van der Waals surface area contributed by atoms with E-state index >= 15 is 0 Å².